The lowest BCUT2D eigenvalue weighted by molar-refractivity contribution is -0.137. The van der Waals surface area contributed by atoms with Crippen molar-refractivity contribution in [3.63, 3.8) is 0 Å². The number of esters is 1. The number of hydrogen-bond donors (Lipinski definition) is 0. The van der Waals surface area contributed by atoms with Gasteiger partial charge in [0.15, 0.2) is 6.10 Å². The summed E-state index contributed by atoms with van der Waals surface area (Å²) in [7, 11) is 0.880. The van der Waals surface area contributed by atoms with E-state index in [9.17, 15) is 18.0 Å². The lowest BCUT2D eigenvalue weighted by Crippen LogP contribution is -2.34. The number of hydrogen-bond acceptors (Lipinski definition) is 5. The lowest BCUT2D eigenvalue weighted by atomic mass is 10.2. The zero-order valence-electron chi connectivity index (χ0n) is 16.5. The number of benzene rings is 2. The van der Waals surface area contributed by atoms with Gasteiger partial charge in [0, 0.05) is 21.1 Å². The molecule has 0 bridgehead atoms. The molecule has 0 saturated carbocycles. The van der Waals surface area contributed by atoms with Gasteiger partial charge in [0.25, 0.3) is 15.9 Å². The average Bonchev–Trinajstić information content (AvgIpc) is 2.67. The number of ether oxygens (including phenoxy) is 1. The van der Waals surface area contributed by atoms with Crippen LogP contribution in [0.25, 0.3) is 0 Å². The van der Waals surface area contributed by atoms with Crippen LogP contribution in [0.5, 0.6) is 0 Å². The normalized spacial score (nSPS) is 12.2. The number of anilines is 1. The van der Waals surface area contributed by atoms with Crippen molar-refractivity contribution in [2.24, 2.45) is 0 Å². The third-order valence-corrected chi connectivity index (χ3v) is 6.02. The number of amides is 1. The van der Waals surface area contributed by atoms with Gasteiger partial charge in [-0.05, 0) is 50.2 Å². The molecule has 2 aromatic carbocycles. The van der Waals surface area contributed by atoms with E-state index < -0.39 is 22.1 Å². The number of nitrogens with zero attached hydrogens (tertiary/aromatic N) is 2. The molecule has 7 nitrogen and oxygen atoms in total. The molecule has 0 heterocycles. The van der Waals surface area contributed by atoms with Crippen LogP contribution >= 0.6 is 0 Å². The van der Waals surface area contributed by atoms with Gasteiger partial charge in [-0.1, -0.05) is 17.7 Å². The molecule has 1 atom stereocenters. The second-order valence-electron chi connectivity index (χ2n) is 6.61. The van der Waals surface area contributed by atoms with Crippen LogP contribution in [-0.4, -0.2) is 52.4 Å². The Morgan fingerprint density at radius 3 is 1.96 bits per heavy atom. The summed E-state index contributed by atoms with van der Waals surface area (Å²) in [6.45, 7) is 3.38. The lowest BCUT2D eigenvalue weighted by Gasteiger charge is -2.20. The molecular formula is C20H24N2O5S. The number of rotatable bonds is 6. The fourth-order valence-corrected chi connectivity index (χ4v) is 3.65. The van der Waals surface area contributed by atoms with Crippen molar-refractivity contribution >= 4 is 27.6 Å². The molecule has 0 aliphatic carbocycles. The SMILES string of the molecule is Cc1ccc(S(=O)(=O)N(C)c2ccc(C(=O)O[C@@H](C)C(=O)N(C)C)cc2)cc1. The van der Waals surface area contributed by atoms with Crippen molar-refractivity contribution in [3.05, 3.63) is 59.7 Å². The van der Waals surface area contributed by atoms with Gasteiger partial charge in [-0.25, -0.2) is 13.2 Å². The number of sulfonamides is 1. The van der Waals surface area contributed by atoms with Crippen LogP contribution in [0.4, 0.5) is 5.69 Å². The Labute approximate surface area is 165 Å². The largest absolute Gasteiger partial charge is 0.449 e. The Morgan fingerprint density at radius 1 is 0.929 bits per heavy atom. The smallest absolute Gasteiger partial charge is 0.338 e. The second-order valence-corrected chi connectivity index (χ2v) is 8.58. The summed E-state index contributed by atoms with van der Waals surface area (Å²) in [5.74, 6) is -0.979. The third kappa shape index (κ3) is 4.69. The molecule has 0 aromatic heterocycles. The van der Waals surface area contributed by atoms with Crippen LogP contribution in [0.3, 0.4) is 0 Å². The van der Waals surface area contributed by atoms with Crippen molar-refractivity contribution in [1.82, 2.24) is 4.90 Å². The van der Waals surface area contributed by atoms with E-state index in [4.69, 9.17) is 4.74 Å². The van der Waals surface area contributed by atoms with E-state index in [1.165, 1.54) is 43.1 Å². The predicted molar refractivity (Wildman–Crippen MR) is 107 cm³/mol. The molecule has 2 aromatic rings. The topological polar surface area (TPSA) is 84.0 Å². The van der Waals surface area contributed by atoms with Gasteiger partial charge in [-0.2, -0.15) is 0 Å². The molecule has 0 fully saturated rings. The molecule has 1 amide bonds. The Morgan fingerprint density at radius 2 is 1.46 bits per heavy atom. The number of carbonyl (C=O) groups excluding carboxylic acids is 2. The summed E-state index contributed by atoms with van der Waals surface area (Å²) < 4.78 is 31.8. The van der Waals surface area contributed by atoms with E-state index in [0.717, 1.165) is 9.87 Å². The highest BCUT2D eigenvalue weighted by molar-refractivity contribution is 7.92. The molecule has 0 aliphatic heterocycles. The Kier molecular flexibility index (Phi) is 6.45. The summed E-state index contributed by atoms with van der Waals surface area (Å²) in [5.41, 5.74) is 1.59. The highest BCUT2D eigenvalue weighted by Crippen LogP contribution is 2.23. The standard InChI is InChI=1S/C20H24N2O5S/c1-14-6-12-18(13-7-14)28(25,26)22(5)17-10-8-16(9-11-17)20(24)27-15(2)19(23)21(3)4/h6-13,15H,1-5H3/t15-/m0/s1. The molecule has 0 saturated heterocycles. The van der Waals surface area contributed by atoms with Crippen molar-refractivity contribution in [2.75, 3.05) is 25.4 Å². The molecular weight excluding hydrogens is 380 g/mol. The van der Waals surface area contributed by atoms with E-state index in [1.54, 1.807) is 38.4 Å². The minimum Gasteiger partial charge on any atom is -0.449 e. The second kappa shape index (κ2) is 8.43. The van der Waals surface area contributed by atoms with Gasteiger partial charge in [-0.3, -0.25) is 9.10 Å². The van der Waals surface area contributed by atoms with E-state index in [-0.39, 0.29) is 16.4 Å². The van der Waals surface area contributed by atoms with E-state index in [0.29, 0.717) is 5.69 Å². The quantitative estimate of drug-likeness (QED) is 0.691. The van der Waals surface area contributed by atoms with Gasteiger partial charge in [0.2, 0.25) is 0 Å². The molecule has 0 unspecified atom stereocenters. The highest BCUT2D eigenvalue weighted by Gasteiger charge is 2.23. The van der Waals surface area contributed by atoms with Gasteiger partial charge in [0.05, 0.1) is 16.1 Å². The molecule has 8 heteroatoms. The summed E-state index contributed by atoms with van der Waals surface area (Å²) in [6.07, 6.45) is -0.910. The molecule has 150 valence electrons. The maximum Gasteiger partial charge on any atom is 0.338 e. The minimum absolute atomic E-state index is 0.181. The van der Waals surface area contributed by atoms with Crippen LogP contribution in [0.15, 0.2) is 53.4 Å². The van der Waals surface area contributed by atoms with Crippen LogP contribution in [0, 0.1) is 6.92 Å². The third-order valence-electron chi connectivity index (χ3n) is 4.22. The first-order valence-corrected chi connectivity index (χ1v) is 10.1. The summed E-state index contributed by atoms with van der Waals surface area (Å²) >= 11 is 0. The Balaban J connectivity index is 2.16. The van der Waals surface area contributed by atoms with Crippen LogP contribution < -0.4 is 4.31 Å². The predicted octanol–water partition coefficient (Wildman–Crippen LogP) is 2.45. The fourth-order valence-electron chi connectivity index (χ4n) is 2.46. The monoisotopic (exact) mass is 404 g/mol. The molecule has 0 radical (unpaired) electrons. The first kappa shape index (κ1) is 21.4. The van der Waals surface area contributed by atoms with Crippen LogP contribution in [0.1, 0.15) is 22.8 Å². The first-order chi connectivity index (χ1) is 13.0. The zero-order chi connectivity index (χ0) is 21.1. The molecule has 0 N–H and O–H groups in total. The summed E-state index contributed by atoms with van der Waals surface area (Å²) in [6, 6.07) is 12.5. The van der Waals surface area contributed by atoms with Crippen LogP contribution in [0.2, 0.25) is 0 Å². The van der Waals surface area contributed by atoms with Crippen LogP contribution in [-0.2, 0) is 19.6 Å². The highest BCUT2D eigenvalue weighted by atomic mass is 32.2. The zero-order valence-corrected chi connectivity index (χ0v) is 17.4. The van der Waals surface area contributed by atoms with Crippen molar-refractivity contribution in [1.29, 1.82) is 0 Å². The van der Waals surface area contributed by atoms with Crippen molar-refractivity contribution in [2.45, 2.75) is 24.8 Å². The van der Waals surface area contributed by atoms with Gasteiger partial charge in [-0.15, -0.1) is 0 Å². The fraction of sp³-hybridized carbons (Fsp3) is 0.300. The van der Waals surface area contributed by atoms with Gasteiger partial charge < -0.3 is 9.64 Å². The number of aryl methyl sites for hydroxylation is 1. The van der Waals surface area contributed by atoms with Crippen molar-refractivity contribution in [3.8, 4) is 0 Å². The van der Waals surface area contributed by atoms with E-state index >= 15 is 0 Å². The minimum atomic E-state index is -3.71. The van der Waals surface area contributed by atoms with E-state index in [1.807, 2.05) is 6.92 Å². The molecule has 0 aliphatic rings. The maximum atomic E-state index is 12.7. The molecule has 28 heavy (non-hydrogen) atoms. The van der Waals surface area contributed by atoms with Gasteiger partial charge in [0.1, 0.15) is 0 Å². The number of carbonyl (C=O) groups is 2. The molecule has 2 rings (SSSR count). The average molecular weight is 404 g/mol. The Hall–Kier alpha value is -2.87. The number of likely N-dealkylation sites (N-methyl/N-ethyl adjacent to an activating group) is 1. The van der Waals surface area contributed by atoms with Crippen molar-refractivity contribution < 1.29 is 22.7 Å². The van der Waals surface area contributed by atoms with Gasteiger partial charge >= 0.3 is 5.97 Å². The summed E-state index contributed by atoms with van der Waals surface area (Å²) in [5, 5.41) is 0. The molecule has 0 spiro atoms. The first-order valence-electron chi connectivity index (χ1n) is 8.62. The Bertz CT molecular complexity index is 951. The maximum absolute atomic E-state index is 12.7. The van der Waals surface area contributed by atoms with E-state index in [2.05, 4.69) is 0 Å². The summed E-state index contributed by atoms with van der Waals surface area (Å²) in [4.78, 5) is 25.5.